The molecule has 0 fully saturated rings. The minimum atomic E-state index is -0.353. The Balaban J connectivity index is 1.98. The third-order valence-electron chi connectivity index (χ3n) is 3.53. The third kappa shape index (κ3) is 2.60. The number of carbonyl (C=O) groups excluding carboxylic acids is 2. The van der Waals surface area contributed by atoms with Gasteiger partial charge in [-0.1, -0.05) is 30.3 Å². The fourth-order valence-electron chi connectivity index (χ4n) is 2.52. The van der Waals surface area contributed by atoms with Crippen molar-refractivity contribution in [2.24, 2.45) is 0 Å². The molecule has 1 aromatic carbocycles. The molecule has 1 aliphatic carbocycles. The summed E-state index contributed by atoms with van der Waals surface area (Å²) in [6, 6.07) is 11.2. The van der Waals surface area contributed by atoms with E-state index in [9.17, 15) is 14.4 Å². The maximum absolute atomic E-state index is 12.0. The third-order valence-corrected chi connectivity index (χ3v) is 3.53. The molecule has 3 rings (SSSR count). The van der Waals surface area contributed by atoms with E-state index in [4.69, 9.17) is 0 Å². The number of fused-ring (bicyclic) bond motifs is 1. The molecular formula is C17H13NO3. The molecule has 1 heterocycles. The molecule has 0 amide bonds. The van der Waals surface area contributed by atoms with Crippen LogP contribution in [0, 0.1) is 0 Å². The van der Waals surface area contributed by atoms with Gasteiger partial charge in [-0.05, 0) is 36.1 Å². The number of aromatic amines is 1. The molecule has 2 aromatic rings. The van der Waals surface area contributed by atoms with Crippen molar-refractivity contribution in [1.29, 1.82) is 0 Å². The number of pyridine rings is 1. The molecule has 0 bridgehead atoms. The number of hydrogen-bond acceptors (Lipinski definition) is 3. The normalized spacial score (nSPS) is 13.3. The number of rotatable bonds is 3. The molecule has 1 N–H and O–H groups in total. The highest BCUT2D eigenvalue weighted by Gasteiger charge is 2.23. The summed E-state index contributed by atoms with van der Waals surface area (Å²) in [6.07, 6.45) is 3.71. The minimum Gasteiger partial charge on any atom is -0.319 e. The van der Waals surface area contributed by atoms with Crippen LogP contribution in [0.15, 0.2) is 53.3 Å². The summed E-state index contributed by atoms with van der Waals surface area (Å²) in [7, 11) is 0. The van der Waals surface area contributed by atoms with Crippen LogP contribution in [0.4, 0.5) is 0 Å². The summed E-state index contributed by atoms with van der Waals surface area (Å²) in [5.74, 6) is -0.563. The zero-order valence-electron chi connectivity index (χ0n) is 11.3. The van der Waals surface area contributed by atoms with Gasteiger partial charge in [0.2, 0.25) is 11.3 Å². The highest BCUT2D eigenvalue weighted by Crippen LogP contribution is 2.19. The average Bonchev–Trinajstić information content (AvgIpc) is 2.49. The Morgan fingerprint density at radius 3 is 2.33 bits per heavy atom. The number of aromatic nitrogens is 1. The van der Waals surface area contributed by atoms with Crippen molar-refractivity contribution in [2.75, 3.05) is 0 Å². The highest BCUT2D eigenvalue weighted by molar-refractivity contribution is 6.21. The van der Waals surface area contributed by atoms with Gasteiger partial charge in [-0.15, -0.1) is 0 Å². The van der Waals surface area contributed by atoms with E-state index in [1.807, 2.05) is 30.3 Å². The Kier molecular flexibility index (Phi) is 3.36. The SMILES string of the molecule is O=C1C=CC(=O)c2c(CCc3ccccc3)cc(=O)[nH]c21. The van der Waals surface area contributed by atoms with Gasteiger partial charge < -0.3 is 4.98 Å². The van der Waals surface area contributed by atoms with E-state index in [0.29, 0.717) is 24.0 Å². The number of nitrogens with one attached hydrogen (secondary N) is 1. The molecule has 0 spiro atoms. The molecule has 104 valence electrons. The van der Waals surface area contributed by atoms with Gasteiger partial charge in [0.05, 0.1) is 5.56 Å². The van der Waals surface area contributed by atoms with E-state index in [-0.39, 0.29) is 22.8 Å². The summed E-state index contributed by atoms with van der Waals surface area (Å²) in [5, 5.41) is 0. The molecule has 0 radical (unpaired) electrons. The number of ketones is 2. The predicted molar refractivity (Wildman–Crippen MR) is 78.7 cm³/mol. The first-order valence-electron chi connectivity index (χ1n) is 6.72. The highest BCUT2D eigenvalue weighted by atomic mass is 16.1. The lowest BCUT2D eigenvalue weighted by atomic mass is 9.92. The van der Waals surface area contributed by atoms with E-state index >= 15 is 0 Å². The van der Waals surface area contributed by atoms with Gasteiger partial charge in [0.15, 0.2) is 5.78 Å². The van der Waals surface area contributed by atoms with Crippen LogP contribution in [-0.4, -0.2) is 16.6 Å². The molecule has 1 aromatic heterocycles. The van der Waals surface area contributed by atoms with Gasteiger partial charge in [0.1, 0.15) is 5.69 Å². The van der Waals surface area contributed by atoms with Crippen LogP contribution in [0.2, 0.25) is 0 Å². The van der Waals surface area contributed by atoms with Crippen LogP contribution >= 0.6 is 0 Å². The van der Waals surface area contributed by atoms with Gasteiger partial charge in [0, 0.05) is 6.07 Å². The number of H-pyrrole nitrogens is 1. The van der Waals surface area contributed by atoms with Crippen LogP contribution in [0.25, 0.3) is 0 Å². The molecular weight excluding hydrogens is 266 g/mol. The molecule has 0 aliphatic heterocycles. The Labute approximate surface area is 121 Å². The summed E-state index contributed by atoms with van der Waals surface area (Å²) >= 11 is 0. The zero-order valence-corrected chi connectivity index (χ0v) is 11.3. The Morgan fingerprint density at radius 2 is 1.57 bits per heavy atom. The lowest BCUT2D eigenvalue weighted by Crippen LogP contribution is -2.22. The van der Waals surface area contributed by atoms with Crippen LogP contribution < -0.4 is 5.56 Å². The number of carbonyl (C=O) groups is 2. The Hall–Kier alpha value is -2.75. The lowest BCUT2D eigenvalue weighted by Gasteiger charge is -2.13. The van der Waals surface area contributed by atoms with Crippen molar-refractivity contribution < 1.29 is 9.59 Å². The van der Waals surface area contributed by atoms with Gasteiger partial charge in [-0.25, -0.2) is 0 Å². The van der Waals surface area contributed by atoms with E-state index < -0.39 is 0 Å². The maximum Gasteiger partial charge on any atom is 0.248 e. The smallest absolute Gasteiger partial charge is 0.248 e. The Morgan fingerprint density at radius 1 is 0.857 bits per heavy atom. The Bertz CT molecular complexity index is 801. The molecule has 21 heavy (non-hydrogen) atoms. The number of allylic oxidation sites excluding steroid dienone is 2. The monoisotopic (exact) mass is 279 g/mol. The molecule has 4 nitrogen and oxygen atoms in total. The lowest BCUT2D eigenvalue weighted by molar-refractivity contribution is 0.0989. The summed E-state index contributed by atoms with van der Waals surface area (Å²) in [4.78, 5) is 38.0. The second kappa shape index (κ2) is 5.32. The van der Waals surface area contributed by atoms with Crippen LogP contribution in [0.1, 0.15) is 32.0 Å². The molecule has 0 saturated heterocycles. The van der Waals surface area contributed by atoms with Crippen molar-refractivity contribution in [2.45, 2.75) is 12.8 Å². The molecule has 0 atom stereocenters. The topological polar surface area (TPSA) is 67.0 Å². The molecule has 0 unspecified atom stereocenters. The second-order valence-corrected chi connectivity index (χ2v) is 4.96. The first-order valence-corrected chi connectivity index (χ1v) is 6.72. The fraction of sp³-hybridized carbons (Fsp3) is 0.118. The van der Waals surface area contributed by atoms with Crippen molar-refractivity contribution >= 4 is 11.6 Å². The first kappa shape index (κ1) is 13.2. The fourth-order valence-corrected chi connectivity index (χ4v) is 2.52. The zero-order chi connectivity index (χ0) is 14.8. The van der Waals surface area contributed by atoms with E-state index in [2.05, 4.69) is 4.98 Å². The average molecular weight is 279 g/mol. The molecule has 0 saturated carbocycles. The van der Waals surface area contributed by atoms with E-state index in [1.165, 1.54) is 18.2 Å². The van der Waals surface area contributed by atoms with E-state index in [1.54, 1.807) is 0 Å². The van der Waals surface area contributed by atoms with Gasteiger partial charge in [-0.3, -0.25) is 14.4 Å². The molecule has 1 aliphatic rings. The van der Waals surface area contributed by atoms with E-state index in [0.717, 1.165) is 5.56 Å². The quantitative estimate of drug-likeness (QED) is 0.935. The number of hydrogen-bond donors (Lipinski definition) is 1. The molecule has 4 heteroatoms. The maximum atomic E-state index is 12.0. The number of aryl methyl sites for hydroxylation is 2. The van der Waals surface area contributed by atoms with Crippen molar-refractivity contribution in [1.82, 2.24) is 4.98 Å². The van der Waals surface area contributed by atoms with Crippen molar-refractivity contribution in [3.05, 3.63) is 81.3 Å². The van der Waals surface area contributed by atoms with Crippen molar-refractivity contribution in [3.8, 4) is 0 Å². The summed E-state index contributed by atoms with van der Waals surface area (Å²) < 4.78 is 0. The minimum absolute atomic E-state index is 0.109. The largest absolute Gasteiger partial charge is 0.319 e. The van der Waals surface area contributed by atoms with Crippen molar-refractivity contribution in [3.63, 3.8) is 0 Å². The summed E-state index contributed by atoms with van der Waals surface area (Å²) in [5.41, 5.74) is 1.83. The van der Waals surface area contributed by atoms with Gasteiger partial charge >= 0.3 is 0 Å². The van der Waals surface area contributed by atoms with Gasteiger partial charge in [0.25, 0.3) is 0 Å². The standard InChI is InChI=1S/C17H13NO3/c19-13-8-9-14(20)17-16(13)12(10-15(21)18-17)7-6-11-4-2-1-3-5-11/h1-5,8-10H,6-7H2,(H,18,21). The number of benzene rings is 1. The van der Waals surface area contributed by atoms with Gasteiger partial charge in [-0.2, -0.15) is 0 Å². The van der Waals surface area contributed by atoms with Crippen LogP contribution in [-0.2, 0) is 12.8 Å². The van der Waals surface area contributed by atoms with Crippen LogP contribution in [0.5, 0.6) is 0 Å². The first-order chi connectivity index (χ1) is 10.1. The summed E-state index contributed by atoms with van der Waals surface area (Å²) in [6.45, 7) is 0. The van der Waals surface area contributed by atoms with Crippen LogP contribution in [0.3, 0.4) is 0 Å². The second-order valence-electron chi connectivity index (χ2n) is 4.96. The predicted octanol–water partition coefficient (Wildman–Crippen LogP) is 2.10.